The van der Waals surface area contributed by atoms with Crippen LogP contribution >= 0.6 is 0 Å². The van der Waals surface area contributed by atoms with Crippen molar-refractivity contribution in [1.29, 1.82) is 0 Å². The number of aromatic nitrogens is 8. The highest BCUT2D eigenvalue weighted by molar-refractivity contribution is 7.92. The number of carbonyl (C=O) groups is 3. The van der Waals surface area contributed by atoms with E-state index >= 15 is 0 Å². The number of carbonyl (C=O) groups excluding carboxylic acids is 3. The molecule has 2 aromatic carbocycles. The van der Waals surface area contributed by atoms with Crippen LogP contribution in [-0.4, -0.2) is 162 Å². The third-order valence-electron chi connectivity index (χ3n) is 9.98. The molecule has 0 amide bonds. The second kappa shape index (κ2) is 30.6. The van der Waals surface area contributed by atoms with Crippen molar-refractivity contribution in [3.63, 3.8) is 0 Å². The average Bonchev–Trinajstić information content (AvgIpc) is 4.04. The van der Waals surface area contributed by atoms with E-state index < -0.39 is 106 Å². The van der Waals surface area contributed by atoms with Crippen LogP contribution in [-0.2, 0) is 71.0 Å². The van der Waals surface area contributed by atoms with Gasteiger partial charge in [-0.3, -0.25) is 4.98 Å². The zero-order valence-corrected chi connectivity index (χ0v) is 43.7. The Hall–Kier alpha value is -10.4. The first-order valence-corrected chi connectivity index (χ1v) is 24.8. The fourth-order valence-electron chi connectivity index (χ4n) is 6.29. The summed E-state index contributed by atoms with van der Waals surface area (Å²) < 4.78 is 85.6. The van der Waals surface area contributed by atoms with E-state index in [1.807, 2.05) is 0 Å². The molecular formula is C45H46N12O24S. The molecular weight excluding hydrogens is 1120 g/mol. The first-order chi connectivity index (χ1) is 39.5. The van der Waals surface area contributed by atoms with Crippen LogP contribution in [0, 0.1) is 37.3 Å². The number of ether oxygens (including phenoxy) is 10. The molecule has 0 aliphatic heterocycles. The Balaban J connectivity index is 1.38. The van der Waals surface area contributed by atoms with Crippen LogP contribution in [0.25, 0.3) is 22.9 Å². The summed E-state index contributed by atoms with van der Waals surface area (Å²) in [6.45, 7) is -3.95. The standard InChI is InChI=1S/C45H46N12O24S/c1-30-7-12-37(47-26-30)82(67,68)54(29-77-45(60)75-20-16-71-18-24-79-56(63)64)41-38(81-36-6-4-3-5-35(36)69-2)42(72-21-22-73-43(58)32-10-8-31(9-11-32)27-80-57(65)66)49-39(48-41)33-13-14-46-34(25-33)40-50-51-52-53(40)28-76-44(59)74-19-15-70-17-23-78-55(61)62/h3-14,25-26H,15-24,27-29H2,1-2H3. The Morgan fingerprint density at radius 3 is 1.99 bits per heavy atom. The highest BCUT2D eigenvalue weighted by Crippen LogP contribution is 2.44. The van der Waals surface area contributed by atoms with Crippen molar-refractivity contribution < 1.29 is 99.9 Å². The number of para-hydroxylation sites is 2. The number of tetrazole rings is 1. The van der Waals surface area contributed by atoms with Crippen LogP contribution in [0.4, 0.5) is 15.4 Å². The molecule has 36 nitrogen and oxygen atoms in total. The number of hydrogen-bond acceptors (Lipinski definition) is 31. The second-order valence-electron chi connectivity index (χ2n) is 15.5. The van der Waals surface area contributed by atoms with E-state index in [1.165, 1.54) is 74.1 Å². The van der Waals surface area contributed by atoms with Gasteiger partial charge in [-0.2, -0.15) is 18.1 Å². The van der Waals surface area contributed by atoms with Crippen molar-refractivity contribution in [3.8, 4) is 46.0 Å². The predicted octanol–water partition coefficient (Wildman–Crippen LogP) is 3.51. The number of rotatable bonds is 34. The van der Waals surface area contributed by atoms with Gasteiger partial charge in [-0.25, -0.2) is 28.7 Å². The molecule has 0 saturated heterocycles. The molecule has 0 N–H and O–H groups in total. The molecule has 6 aromatic rings. The van der Waals surface area contributed by atoms with Gasteiger partial charge in [0.25, 0.3) is 31.2 Å². The molecule has 82 heavy (non-hydrogen) atoms. The fourth-order valence-corrected chi connectivity index (χ4v) is 7.48. The Morgan fingerprint density at radius 2 is 1.34 bits per heavy atom. The summed E-state index contributed by atoms with van der Waals surface area (Å²) in [5, 5.41) is 39.3. The molecule has 0 aliphatic carbocycles. The molecule has 0 spiro atoms. The van der Waals surface area contributed by atoms with Crippen LogP contribution in [0.2, 0.25) is 0 Å². The van der Waals surface area contributed by atoms with E-state index in [0.717, 1.165) is 10.7 Å². The van der Waals surface area contributed by atoms with Crippen LogP contribution in [0.15, 0.2) is 90.2 Å². The fraction of sp³-hybridized carbons (Fsp3) is 0.333. The Labute approximate surface area is 460 Å². The number of nitrogens with zero attached hydrogens (tertiary/aromatic N) is 12. The number of benzene rings is 2. The van der Waals surface area contributed by atoms with E-state index in [-0.39, 0.29) is 86.2 Å². The van der Waals surface area contributed by atoms with Crippen LogP contribution in [0.1, 0.15) is 21.5 Å². The summed E-state index contributed by atoms with van der Waals surface area (Å²) in [7, 11) is -3.69. The number of anilines is 1. The van der Waals surface area contributed by atoms with Crippen molar-refractivity contribution in [1.82, 2.24) is 40.1 Å². The number of sulfonamides is 1. The summed E-state index contributed by atoms with van der Waals surface area (Å²) >= 11 is 0. The van der Waals surface area contributed by atoms with Gasteiger partial charge in [-0.05, 0) is 70.9 Å². The highest BCUT2D eigenvalue weighted by Gasteiger charge is 2.35. The van der Waals surface area contributed by atoms with Gasteiger partial charge in [0.15, 0.2) is 41.6 Å². The maximum absolute atomic E-state index is 15.0. The van der Waals surface area contributed by atoms with E-state index in [0.29, 0.717) is 15.4 Å². The lowest BCUT2D eigenvalue weighted by molar-refractivity contribution is -0.763. The Bertz CT molecular complexity index is 3250. The molecule has 4 heterocycles. The van der Waals surface area contributed by atoms with E-state index in [4.69, 9.17) is 47.4 Å². The molecule has 436 valence electrons. The minimum atomic E-state index is -5.01. The molecule has 6 rings (SSSR count). The van der Waals surface area contributed by atoms with Crippen LogP contribution in [0.5, 0.6) is 23.1 Å². The lowest BCUT2D eigenvalue weighted by Gasteiger charge is -2.26. The molecule has 0 unspecified atom stereocenters. The number of methoxy groups -OCH3 is 1. The largest absolute Gasteiger partial charge is 0.510 e. The lowest BCUT2D eigenvalue weighted by Crippen LogP contribution is -2.36. The van der Waals surface area contributed by atoms with Gasteiger partial charge in [-0.1, -0.05) is 30.3 Å². The van der Waals surface area contributed by atoms with Gasteiger partial charge in [0.2, 0.25) is 11.6 Å². The van der Waals surface area contributed by atoms with Gasteiger partial charge < -0.3 is 61.9 Å². The molecule has 0 fully saturated rings. The zero-order valence-electron chi connectivity index (χ0n) is 42.8. The molecule has 0 saturated carbocycles. The van der Waals surface area contributed by atoms with Crippen LogP contribution in [0.3, 0.4) is 0 Å². The van der Waals surface area contributed by atoms with Gasteiger partial charge in [0, 0.05) is 18.0 Å². The highest BCUT2D eigenvalue weighted by atomic mass is 32.2. The van der Waals surface area contributed by atoms with Gasteiger partial charge >= 0.3 is 18.3 Å². The first kappa shape index (κ1) is 60.8. The van der Waals surface area contributed by atoms with Crippen molar-refractivity contribution in [2.75, 3.05) is 84.2 Å². The Morgan fingerprint density at radius 1 is 0.695 bits per heavy atom. The molecule has 4 aromatic heterocycles. The van der Waals surface area contributed by atoms with Crippen LogP contribution < -0.4 is 18.5 Å². The summed E-state index contributed by atoms with van der Waals surface area (Å²) in [6.07, 6.45) is -0.0829. The first-order valence-electron chi connectivity index (χ1n) is 23.4. The minimum absolute atomic E-state index is 0.00858. The Kier molecular flexibility index (Phi) is 22.7. The van der Waals surface area contributed by atoms with E-state index in [1.54, 1.807) is 19.1 Å². The predicted molar refractivity (Wildman–Crippen MR) is 265 cm³/mol. The maximum atomic E-state index is 15.0. The second-order valence-corrected chi connectivity index (χ2v) is 17.3. The summed E-state index contributed by atoms with van der Waals surface area (Å²) in [5.74, 6) is -3.02. The van der Waals surface area contributed by atoms with Crippen molar-refractivity contribution in [3.05, 3.63) is 132 Å². The number of pyridine rings is 2. The monoisotopic (exact) mass is 1170 g/mol. The summed E-state index contributed by atoms with van der Waals surface area (Å²) in [4.78, 5) is 100. The smallest absolute Gasteiger partial charge is 0.493 e. The molecule has 37 heteroatoms. The molecule has 0 atom stereocenters. The topological polar surface area (TPSA) is 433 Å². The maximum Gasteiger partial charge on any atom is 0.510 e. The van der Waals surface area contributed by atoms with Crippen molar-refractivity contribution in [2.45, 2.75) is 25.3 Å². The van der Waals surface area contributed by atoms with Gasteiger partial charge in [-0.15, -0.1) is 35.4 Å². The summed E-state index contributed by atoms with van der Waals surface area (Å²) in [6, 6.07) is 17.0. The van der Waals surface area contributed by atoms with Gasteiger partial charge in [0.1, 0.15) is 51.9 Å². The molecule has 0 radical (unpaired) electrons. The number of aryl methyl sites for hydroxylation is 1. The zero-order chi connectivity index (χ0) is 58.9. The third-order valence-corrected chi connectivity index (χ3v) is 11.6. The lowest BCUT2D eigenvalue weighted by atomic mass is 10.1. The average molecular weight is 1170 g/mol. The van der Waals surface area contributed by atoms with Crippen molar-refractivity contribution >= 4 is 34.1 Å². The van der Waals surface area contributed by atoms with E-state index in [9.17, 15) is 53.1 Å². The number of hydrogen-bond donors (Lipinski definition) is 0. The molecule has 0 bridgehead atoms. The quantitative estimate of drug-likeness (QED) is 0.0139. The SMILES string of the molecule is COc1ccccc1Oc1c(OCCOC(=O)c2ccc(CO[N+](=O)[O-])cc2)nc(-c2ccnc(-c3nnnn3COC(=O)OCCOCCO[N+](=O)[O-])c2)nc1N(COC(=O)OCCOCCO[N+](=O)[O-])S(=O)(=O)c1ccc(C)cn1. The van der Waals surface area contributed by atoms with E-state index in [2.05, 4.69) is 50.0 Å². The third kappa shape index (κ3) is 18.6. The number of esters is 1. The molecule has 0 aliphatic rings. The minimum Gasteiger partial charge on any atom is -0.493 e. The normalized spacial score (nSPS) is 10.9. The summed E-state index contributed by atoms with van der Waals surface area (Å²) in [5.41, 5.74) is 1.03. The van der Waals surface area contributed by atoms with Gasteiger partial charge in [0.05, 0.1) is 39.1 Å². The van der Waals surface area contributed by atoms with Crippen molar-refractivity contribution in [2.24, 2.45) is 0 Å².